The molecule has 0 bridgehead atoms. The Balaban J connectivity index is 2.04. The summed E-state index contributed by atoms with van der Waals surface area (Å²) in [6.07, 6.45) is 1.75. The van der Waals surface area contributed by atoms with Gasteiger partial charge in [-0.25, -0.2) is 0 Å². The number of hydrogen-bond donors (Lipinski definition) is 1. The van der Waals surface area contributed by atoms with E-state index in [0.29, 0.717) is 5.88 Å². The van der Waals surface area contributed by atoms with Gasteiger partial charge in [0.2, 0.25) is 0 Å². The number of fused-ring (bicyclic) bond motifs is 1. The molecule has 1 N–H and O–H groups in total. The highest BCUT2D eigenvalue weighted by Gasteiger charge is 2.26. The molecule has 0 spiro atoms. The van der Waals surface area contributed by atoms with Crippen LogP contribution in [-0.4, -0.2) is 16.1 Å². The smallest absolute Gasteiger partial charge is 0.0950 e. The Bertz CT molecular complexity index is 740. The number of aromatic nitrogens is 2. The van der Waals surface area contributed by atoms with E-state index in [0.717, 1.165) is 22.2 Å². The third-order valence-corrected chi connectivity index (χ3v) is 4.17. The lowest BCUT2D eigenvalue weighted by molar-refractivity contribution is 0.617. The zero-order valence-electron chi connectivity index (χ0n) is 11.8. The van der Waals surface area contributed by atoms with Gasteiger partial charge in [0, 0.05) is 11.3 Å². The van der Waals surface area contributed by atoms with Crippen LogP contribution in [0.25, 0.3) is 10.9 Å². The maximum atomic E-state index is 6.25. The van der Waals surface area contributed by atoms with Crippen molar-refractivity contribution in [2.45, 2.75) is 12.5 Å². The topological polar surface area (TPSA) is 37.8 Å². The Morgan fingerprint density at radius 2 is 1.76 bits per heavy atom. The third-order valence-electron chi connectivity index (χ3n) is 3.64. The van der Waals surface area contributed by atoms with Crippen molar-refractivity contribution in [3.63, 3.8) is 0 Å². The van der Waals surface area contributed by atoms with Gasteiger partial charge in [-0.2, -0.15) is 10.2 Å². The molecule has 1 unspecified atom stereocenters. The van der Waals surface area contributed by atoms with E-state index in [1.807, 2.05) is 42.5 Å². The van der Waals surface area contributed by atoms with Gasteiger partial charge in [-0.15, -0.1) is 11.6 Å². The SMILES string of the molecule is CC(CCl)(Nc1cnnc2ccccc12)c1ccccc1. The van der Waals surface area contributed by atoms with Crippen LogP contribution < -0.4 is 5.32 Å². The molecule has 2 aromatic carbocycles. The van der Waals surface area contributed by atoms with Crippen LogP contribution >= 0.6 is 11.6 Å². The van der Waals surface area contributed by atoms with Gasteiger partial charge in [0.25, 0.3) is 0 Å². The molecule has 3 rings (SSSR count). The minimum Gasteiger partial charge on any atom is -0.373 e. The summed E-state index contributed by atoms with van der Waals surface area (Å²) in [5.74, 6) is 0.452. The first-order chi connectivity index (χ1) is 10.2. The number of anilines is 1. The number of halogens is 1. The van der Waals surface area contributed by atoms with E-state index in [4.69, 9.17) is 11.6 Å². The summed E-state index contributed by atoms with van der Waals surface area (Å²) in [5.41, 5.74) is 2.58. The summed E-state index contributed by atoms with van der Waals surface area (Å²) >= 11 is 6.25. The maximum absolute atomic E-state index is 6.25. The highest BCUT2D eigenvalue weighted by molar-refractivity contribution is 6.19. The normalized spacial score (nSPS) is 13.8. The lowest BCUT2D eigenvalue weighted by Gasteiger charge is -2.30. The second kappa shape index (κ2) is 5.70. The van der Waals surface area contributed by atoms with Crippen molar-refractivity contribution in [1.82, 2.24) is 10.2 Å². The lowest BCUT2D eigenvalue weighted by Crippen LogP contribution is -2.34. The lowest BCUT2D eigenvalue weighted by atomic mass is 9.93. The van der Waals surface area contributed by atoms with Gasteiger partial charge in [0.1, 0.15) is 0 Å². The molecule has 3 nitrogen and oxygen atoms in total. The molecule has 1 aromatic heterocycles. The molecule has 4 heteroatoms. The van der Waals surface area contributed by atoms with E-state index >= 15 is 0 Å². The van der Waals surface area contributed by atoms with Crippen molar-refractivity contribution < 1.29 is 0 Å². The number of nitrogens with zero attached hydrogens (tertiary/aromatic N) is 2. The molecule has 106 valence electrons. The third kappa shape index (κ3) is 2.69. The fourth-order valence-corrected chi connectivity index (χ4v) is 2.61. The largest absolute Gasteiger partial charge is 0.373 e. The minimum absolute atomic E-state index is 0.366. The van der Waals surface area contributed by atoms with Gasteiger partial charge < -0.3 is 5.32 Å². The number of rotatable bonds is 4. The van der Waals surface area contributed by atoms with Gasteiger partial charge in [0.15, 0.2) is 0 Å². The van der Waals surface area contributed by atoms with Crippen LogP contribution in [0.4, 0.5) is 5.69 Å². The van der Waals surface area contributed by atoms with Crippen LogP contribution in [-0.2, 0) is 5.54 Å². The summed E-state index contributed by atoms with van der Waals surface area (Å²) < 4.78 is 0. The summed E-state index contributed by atoms with van der Waals surface area (Å²) in [6.45, 7) is 2.09. The van der Waals surface area contributed by atoms with E-state index in [2.05, 4.69) is 34.6 Å². The van der Waals surface area contributed by atoms with Crippen LogP contribution in [0.1, 0.15) is 12.5 Å². The quantitative estimate of drug-likeness (QED) is 0.734. The number of alkyl halides is 1. The van der Waals surface area contributed by atoms with E-state index < -0.39 is 0 Å². The molecule has 0 saturated heterocycles. The Morgan fingerprint density at radius 1 is 1.05 bits per heavy atom. The van der Waals surface area contributed by atoms with E-state index in [9.17, 15) is 0 Å². The van der Waals surface area contributed by atoms with E-state index in [-0.39, 0.29) is 5.54 Å². The fourth-order valence-electron chi connectivity index (χ4n) is 2.39. The second-order valence-corrected chi connectivity index (χ2v) is 5.50. The molecule has 3 aromatic rings. The van der Waals surface area contributed by atoms with Crippen LogP contribution in [0.5, 0.6) is 0 Å². The standard InChI is InChI=1S/C17H16ClN3/c1-17(12-18,13-7-3-2-4-8-13)20-16-11-19-21-15-10-6-5-9-14(15)16/h2-11H,12H2,1H3,(H,20,21). The van der Waals surface area contributed by atoms with Crippen LogP contribution in [0.3, 0.4) is 0 Å². The molecule has 0 saturated carbocycles. The molecule has 0 amide bonds. The van der Waals surface area contributed by atoms with Crippen molar-refractivity contribution >= 4 is 28.2 Å². The zero-order valence-corrected chi connectivity index (χ0v) is 12.5. The number of nitrogens with one attached hydrogen (secondary N) is 1. The average molecular weight is 298 g/mol. The van der Waals surface area contributed by atoms with E-state index in [1.54, 1.807) is 6.20 Å². The Morgan fingerprint density at radius 3 is 2.52 bits per heavy atom. The predicted molar refractivity (Wildman–Crippen MR) is 87.7 cm³/mol. The van der Waals surface area contributed by atoms with Gasteiger partial charge in [-0.05, 0) is 18.6 Å². The molecule has 21 heavy (non-hydrogen) atoms. The van der Waals surface area contributed by atoms with Crippen molar-refractivity contribution in [2.24, 2.45) is 0 Å². The molecule has 0 aliphatic carbocycles. The molecular formula is C17H16ClN3. The van der Waals surface area contributed by atoms with Gasteiger partial charge in [0.05, 0.1) is 22.9 Å². The molecule has 0 radical (unpaired) electrons. The minimum atomic E-state index is -0.366. The molecule has 0 fully saturated rings. The zero-order chi connectivity index (χ0) is 14.7. The molecule has 1 atom stereocenters. The monoisotopic (exact) mass is 297 g/mol. The first-order valence-corrected chi connectivity index (χ1v) is 7.36. The van der Waals surface area contributed by atoms with Gasteiger partial charge in [-0.1, -0.05) is 48.5 Å². The highest BCUT2D eigenvalue weighted by Crippen LogP contribution is 2.30. The van der Waals surface area contributed by atoms with Crippen molar-refractivity contribution in [3.05, 3.63) is 66.4 Å². The van der Waals surface area contributed by atoms with Crippen molar-refractivity contribution in [2.75, 3.05) is 11.2 Å². The molecule has 0 aliphatic heterocycles. The Labute approximate surface area is 129 Å². The summed E-state index contributed by atoms with van der Waals surface area (Å²) in [6, 6.07) is 18.1. The van der Waals surface area contributed by atoms with Gasteiger partial charge in [-0.3, -0.25) is 0 Å². The molecule has 1 heterocycles. The summed E-state index contributed by atoms with van der Waals surface area (Å²) in [5, 5.41) is 12.8. The number of hydrogen-bond acceptors (Lipinski definition) is 3. The number of benzene rings is 2. The summed E-state index contributed by atoms with van der Waals surface area (Å²) in [4.78, 5) is 0. The van der Waals surface area contributed by atoms with Crippen LogP contribution in [0.15, 0.2) is 60.8 Å². The fraction of sp³-hybridized carbons (Fsp3) is 0.176. The first-order valence-electron chi connectivity index (χ1n) is 6.83. The van der Waals surface area contributed by atoms with Crippen molar-refractivity contribution in [1.29, 1.82) is 0 Å². The average Bonchev–Trinajstić information content (AvgIpc) is 2.56. The van der Waals surface area contributed by atoms with Crippen molar-refractivity contribution in [3.8, 4) is 0 Å². The predicted octanol–water partition coefficient (Wildman–Crippen LogP) is 4.20. The van der Waals surface area contributed by atoms with Crippen LogP contribution in [0.2, 0.25) is 0 Å². The van der Waals surface area contributed by atoms with Crippen LogP contribution in [0, 0.1) is 0 Å². The summed E-state index contributed by atoms with van der Waals surface area (Å²) in [7, 11) is 0. The second-order valence-electron chi connectivity index (χ2n) is 5.23. The molecule has 0 aliphatic rings. The van der Waals surface area contributed by atoms with Gasteiger partial charge >= 0.3 is 0 Å². The first kappa shape index (κ1) is 13.8. The Hall–Kier alpha value is -2.13. The molecular weight excluding hydrogens is 282 g/mol. The maximum Gasteiger partial charge on any atom is 0.0950 e. The van der Waals surface area contributed by atoms with E-state index in [1.165, 1.54) is 0 Å². The highest BCUT2D eigenvalue weighted by atomic mass is 35.5. The Kier molecular flexibility index (Phi) is 3.76.